The Morgan fingerprint density at radius 1 is 1.25 bits per heavy atom. The fourth-order valence-corrected chi connectivity index (χ4v) is 3.78. The number of benzene rings is 1. The summed E-state index contributed by atoms with van der Waals surface area (Å²) in [6.07, 6.45) is 3.57. The van der Waals surface area contributed by atoms with E-state index in [-0.39, 0.29) is 11.8 Å². The van der Waals surface area contributed by atoms with Gasteiger partial charge < -0.3 is 15.5 Å². The van der Waals surface area contributed by atoms with E-state index in [1.54, 1.807) is 6.07 Å². The summed E-state index contributed by atoms with van der Waals surface area (Å²) in [6.45, 7) is 6.37. The summed E-state index contributed by atoms with van der Waals surface area (Å²) < 4.78 is 13.5. The fraction of sp³-hybridized carbons (Fsp3) is 0.450. The summed E-state index contributed by atoms with van der Waals surface area (Å²) in [6, 6.07) is 4.35. The van der Waals surface area contributed by atoms with Crippen LogP contribution in [0.25, 0.3) is 11.3 Å². The SMILES string of the molecule is Cc1cc(F)ccc1-c1nc(NCCCN2CCCC2)nc2c1CNC(=O)N2. The lowest BCUT2D eigenvalue weighted by Crippen LogP contribution is -2.35. The number of halogens is 1. The lowest BCUT2D eigenvalue weighted by Gasteiger charge is -2.22. The molecule has 0 saturated carbocycles. The van der Waals surface area contributed by atoms with Crippen LogP contribution in [0.5, 0.6) is 0 Å². The predicted octanol–water partition coefficient (Wildman–Crippen LogP) is 3.12. The molecule has 1 aromatic heterocycles. The average Bonchev–Trinajstić information content (AvgIpc) is 3.18. The lowest BCUT2D eigenvalue weighted by atomic mass is 10.0. The number of aromatic nitrogens is 2. The van der Waals surface area contributed by atoms with Crippen molar-refractivity contribution in [3.8, 4) is 11.3 Å². The van der Waals surface area contributed by atoms with Crippen molar-refractivity contribution in [2.75, 3.05) is 36.8 Å². The van der Waals surface area contributed by atoms with Crippen LogP contribution in [0.3, 0.4) is 0 Å². The zero-order valence-electron chi connectivity index (χ0n) is 16.0. The molecule has 1 saturated heterocycles. The molecule has 148 valence electrons. The van der Waals surface area contributed by atoms with E-state index in [1.165, 1.54) is 38.1 Å². The largest absolute Gasteiger partial charge is 0.354 e. The number of anilines is 2. The molecule has 3 N–H and O–H groups in total. The lowest BCUT2D eigenvalue weighted by molar-refractivity contribution is 0.250. The second kappa shape index (κ2) is 8.10. The van der Waals surface area contributed by atoms with Crippen molar-refractivity contribution in [2.24, 2.45) is 0 Å². The quantitative estimate of drug-likeness (QED) is 0.667. The van der Waals surface area contributed by atoms with Gasteiger partial charge in [-0.15, -0.1) is 0 Å². The number of fused-ring (bicyclic) bond motifs is 1. The molecule has 4 rings (SSSR count). The number of nitrogens with zero attached hydrogens (tertiary/aromatic N) is 3. The van der Waals surface area contributed by atoms with Gasteiger partial charge in [0, 0.05) is 17.7 Å². The molecule has 0 unspecified atom stereocenters. The standard InChI is InChI=1S/C20H25FN6O/c1-13-11-14(21)5-6-15(13)17-16-12-23-20(28)26-18(16)25-19(24-17)22-7-4-10-27-8-2-3-9-27/h5-6,11H,2-4,7-10,12H2,1H3,(H3,22,23,24,25,26,28). The summed E-state index contributed by atoms with van der Waals surface area (Å²) in [7, 11) is 0. The number of hydrogen-bond donors (Lipinski definition) is 3. The van der Waals surface area contributed by atoms with Crippen LogP contribution in [0.2, 0.25) is 0 Å². The summed E-state index contributed by atoms with van der Waals surface area (Å²) >= 11 is 0. The van der Waals surface area contributed by atoms with Gasteiger partial charge in [0.1, 0.15) is 11.6 Å². The number of carbonyl (C=O) groups excluding carboxylic acids is 1. The Balaban J connectivity index is 1.56. The molecule has 1 aromatic carbocycles. The van der Waals surface area contributed by atoms with Crippen LogP contribution in [0, 0.1) is 12.7 Å². The fourth-order valence-electron chi connectivity index (χ4n) is 3.78. The van der Waals surface area contributed by atoms with E-state index >= 15 is 0 Å². The van der Waals surface area contributed by atoms with Gasteiger partial charge in [0.15, 0.2) is 0 Å². The number of likely N-dealkylation sites (tertiary alicyclic amines) is 1. The summed E-state index contributed by atoms with van der Waals surface area (Å²) in [5.74, 6) is 0.691. The maximum atomic E-state index is 13.5. The summed E-state index contributed by atoms with van der Waals surface area (Å²) in [5, 5.41) is 8.79. The molecule has 2 amide bonds. The number of rotatable bonds is 6. The summed E-state index contributed by atoms with van der Waals surface area (Å²) in [4.78, 5) is 23.4. The zero-order valence-corrected chi connectivity index (χ0v) is 16.0. The highest BCUT2D eigenvalue weighted by Crippen LogP contribution is 2.31. The number of urea groups is 1. The molecule has 0 aliphatic carbocycles. The predicted molar refractivity (Wildman–Crippen MR) is 107 cm³/mol. The molecule has 0 atom stereocenters. The van der Waals surface area contributed by atoms with Gasteiger partial charge in [-0.2, -0.15) is 4.98 Å². The van der Waals surface area contributed by atoms with Gasteiger partial charge in [0.05, 0.1) is 12.2 Å². The number of carbonyl (C=O) groups is 1. The highest BCUT2D eigenvalue weighted by atomic mass is 19.1. The molecule has 28 heavy (non-hydrogen) atoms. The first kappa shape index (κ1) is 18.6. The van der Waals surface area contributed by atoms with Gasteiger partial charge in [-0.1, -0.05) is 0 Å². The van der Waals surface area contributed by atoms with E-state index in [1.807, 2.05) is 6.92 Å². The van der Waals surface area contributed by atoms with Gasteiger partial charge in [-0.3, -0.25) is 5.32 Å². The third kappa shape index (κ3) is 4.06. The minimum absolute atomic E-state index is 0.282. The molecular formula is C20H25FN6O. The molecule has 3 heterocycles. The van der Waals surface area contributed by atoms with Crippen LogP contribution < -0.4 is 16.0 Å². The van der Waals surface area contributed by atoms with Gasteiger partial charge in [-0.05, 0) is 69.6 Å². The number of amides is 2. The minimum Gasteiger partial charge on any atom is -0.354 e. The first-order valence-corrected chi connectivity index (χ1v) is 9.78. The summed E-state index contributed by atoms with van der Waals surface area (Å²) in [5.41, 5.74) is 3.13. The number of nitrogens with one attached hydrogen (secondary N) is 3. The van der Waals surface area contributed by atoms with Crippen LogP contribution in [0.15, 0.2) is 18.2 Å². The second-order valence-electron chi connectivity index (χ2n) is 7.32. The molecule has 0 spiro atoms. The van der Waals surface area contributed by atoms with Crippen molar-refractivity contribution < 1.29 is 9.18 Å². The van der Waals surface area contributed by atoms with E-state index in [0.29, 0.717) is 24.0 Å². The van der Waals surface area contributed by atoms with Crippen molar-refractivity contribution in [3.63, 3.8) is 0 Å². The van der Waals surface area contributed by atoms with Gasteiger partial charge in [-0.25, -0.2) is 14.2 Å². The number of hydrogen-bond acceptors (Lipinski definition) is 5. The third-order valence-electron chi connectivity index (χ3n) is 5.24. The Morgan fingerprint density at radius 3 is 2.86 bits per heavy atom. The molecule has 1 fully saturated rings. The van der Waals surface area contributed by atoms with Crippen LogP contribution in [0.1, 0.15) is 30.4 Å². The van der Waals surface area contributed by atoms with E-state index in [0.717, 1.165) is 36.2 Å². The van der Waals surface area contributed by atoms with Crippen LogP contribution in [-0.4, -0.2) is 47.1 Å². The van der Waals surface area contributed by atoms with Gasteiger partial charge in [0.2, 0.25) is 5.95 Å². The topological polar surface area (TPSA) is 82.2 Å². The van der Waals surface area contributed by atoms with Crippen molar-refractivity contribution in [1.29, 1.82) is 0 Å². The molecule has 8 heteroatoms. The van der Waals surface area contributed by atoms with Crippen LogP contribution in [0.4, 0.5) is 21.0 Å². The van der Waals surface area contributed by atoms with E-state index in [9.17, 15) is 9.18 Å². The average molecular weight is 384 g/mol. The normalized spacial score (nSPS) is 16.4. The Morgan fingerprint density at radius 2 is 2.07 bits per heavy atom. The third-order valence-corrected chi connectivity index (χ3v) is 5.24. The first-order valence-electron chi connectivity index (χ1n) is 9.78. The van der Waals surface area contributed by atoms with Gasteiger partial charge in [0.25, 0.3) is 0 Å². The van der Waals surface area contributed by atoms with Gasteiger partial charge >= 0.3 is 6.03 Å². The number of aryl methyl sites for hydroxylation is 1. The van der Waals surface area contributed by atoms with E-state index < -0.39 is 0 Å². The highest BCUT2D eigenvalue weighted by molar-refractivity contribution is 5.93. The maximum absolute atomic E-state index is 13.5. The smallest absolute Gasteiger partial charge is 0.320 e. The first-order chi connectivity index (χ1) is 13.6. The molecular weight excluding hydrogens is 359 g/mol. The zero-order chi connectivity index (χ0) is 19.5. The van der Waals surface area contributed by atoms with Crippen LogP contribution in [-0.2, 0) is 6.54 Å². The van der Waals surface area contributed by atoms with Crippen molar-refractivity contribution >= 4 is 17.8 Å². The van der Waals surface area contributed by atoms with E-state index in [4.69, 9.17) is 4.98 Å². The monoisotopic (exact) mass is 384 g/mol. The van der Waals surface area contributed by atoms with Crippen molar-refractivity contribution in [2.45, 2.75) is 32.7 Å². The van der Waals surface area contributed by atoms with Crippen LogP contribution >= 0.6 is 0 Å². The highest BCUT2D eigenvalue weighted by Gasteiger charge is 2.23. The molecule has 7 nitrogen and oxygen atoms in total. The van der Waals surface area contributed by atoms with E-state index in [2.05, 4.69) is 25.8 Å². The maximum Gasteiger partial charge on any atom is 0.320 e. The van der Waals surface area contributed by atoms with Crippen molar-refractivity contribution in [1.82, 2.24) is 20.2 Å². The molecule has 2 aliphatic heterocycles. The van der Waals surface area contributed by atoms with Crippen molar-refractivity contribution in [3.05, 3.63) is 35.1 Å². The Hall–Kier alpha value is -2.74. The Bertz CT molecular complexity index is 881. The molecule has 0 radical (unpaired) electrons. The molecule has 2 aromatic rings. The molecule has 0 bridgehead atoms. The minimum atomic E-state index is -0.284. The second-order valence-corrected chi connectivity index (χ2v) is 7.32. The Labute approximate surface area is 163 Å². The molecule has 2 aliphatic rings. The Kier molecular flexibility index (Phi) is 5.38.